The van der Waals surface area contributed by atoms with Crippen molar-refractivity contribution in [2.45, 2.75) is 0 Å². The van der Waals surface area contributed by atoms with Crippen LogP contribution in [0.3, 0.4) is 0 Å². The molecule has 0 aliphatic rings. The van der Waals surface area contributed by atoms with Crippen LogP contribution in [0.1, 0.15) is 5.69 Å². The molecule has 0 bridgehead atoms. The number of esters is 1. The Kier molecular flexibility index (Phi) is 2.43. The van der Waals surface area contributed by atoms with E-state index in [-0.39, 0.29) is 0 Å². The number of carbonyl (C=O) groups excluding carboxylic acids is 1. The first-order valence-electron chi connectivity index (χ1n) is 3.18. The number of hydrogen-bond donors (Lipinski definition) is 0. The van der Waals surface area contributed by atoms with Crippen LogP contribution in [0.5, 0.6) is 0 Å². The first-order valence-corrected chi connectivity index (χ1v) is 3.18. The summed E-state index contributed by atoms with van der Waals surface area (Å²) in [6.07, 6.45) is 1.47. The van der Waals surface area contributed by atoms with Crippen LogP contribution in [0, 0.1) is 11.8 Å². The van der Waals surface area contributed by atoms with E-state index in [2.05, 4.69) is 26.9 Å². The van der Waals surface area contributed by atoms with Gasteiger partial charge in [0.05, 0.1) is 13.3 Å². The van der Waals surface area contributed by atoms with Crippen molar-refractivity contribution in [3.05, 3.63) is 11.9 Å². The molecule has 0 aliphatic carbocycles. The summed E-state index contributed by atoms with van der Waals surface area (Å²) in [5.74, 6) is 4.25. The second-order valence-corrected chi connectivity index (χ2v) is 1.98. The molecule has 1 aromatic heterocycles. The molecule has 5 heteroatoms. The topological polar surface area (TPSA) is 57.0 Å². The predicted octanol–water partition coefficient (Wildman–Crippen LogP) is -0.660. The Morgan fingerprint density at radius 2 is 2.50 bits per heavy atom. The van der Waals surface area contributed by atoms with Gasteiger partial charge in [-0.1, -0.05) is 5.21 Å². The van der Waals surface area contributed by atoms with Gasteiger partial charge in [-0.15, -0.1) is 5.10 Å². The van der Waals surface area contributed by atoms with Crippen LogP contribution in [0.2, 0.25) is 0 Å². The molecule has 0 saturated carbocycles. The normalized spacial score (nSPS) is 8.50. The van der Waals surface area contributed by atoms with Crippen molar-refractivity contribution in [2.24, 2.45) is 7.05 Å². The van der Waals surface area contributed by atoms with Crippen LogP contribution in [0.25, 0.3) is 0 Å². The lowest BCUT2D eigenvalue weighted by molar-refractivity contribution is -0.133. The smallest absolute Gasteiger partial charge is 0.384 e. The molecule has 0 amide bonds. The minimum Gasteiger partial charge on any atom is -0.459 e. The second-order valence-electron chi connectivity index (χ2n) is 1.98. The van der Waals surface area contributed by atoms with Crippen molar-refractivity contribution >= 4 is 5.97 Å². The molecule has 0 N–H and O–H groups in total. The highest BCUT2D eigenvalue weighted by molar-refractivity contribution is 5.88. The lowest BCUT2D eigenvalue weighted by atomic mass is 10.4. The molecule has 0 unspecified atom stereocenters. The van der Waals surface area contributed by atoms with Gasteiger partial charge in [0, 0.05) is 13.0 Å². The first kappa shape index (κ1) is 8.27. The lowest BCUT2D eigenvalue weighted by Crippen LogP contribution is -1.97. The first-order chi connectivity index (χ1) is 5.74. The summed E-state index contributed by atoms with van der Waals surface area (Å²) >= 11 is 0. The van der Waals surface area contributed by atoms with Gasteiger partial charge < -0.3 is 4.74 Å². The SMILES string of the molecule is COC(=O)C#Cc1cnnn1C. The Morgan fingerprint density at radius 3 is 3.00 bits per heavy atom. The molecule has 0 aliphatic heterocycles. The Bertz CT molecular complexity index is 345. The average molecular weight is 165 g/mol. The highest BCUT2D eigenvalue weighted by Gasteiger charge is 1.94. The molecule has 5 nitrogen and oxygen atoms in total. The summed E-state index contributed by atoms with van der Waals surface area (Å²) in [6.45, 7) is 0. The zero-order valence-electron chi connectivity index (χ0n) is 6.74. The third kappa shape index (κ3) is 1.83. The number of nitrogens with zero attached hydrogens (tertiary/aromatic N) is 3. The van der Waals surface area contributed by atoms with Gasteiger partial charge >= 0.3 is 5.97 Å². The van der Waals surface area contributed by atoms with Crippen LogP contribution in [0.4, 0.5) is 0 Å². The number of hydrogen-bond acceptors (Lipinski definition) is 4. The maximum Gasteiger partial charge on any atom is 0.384 e. The van der Waals surface area contributed by atoms with Gasteiger partial charge in [-0.05, 0) is 5.92 Å². The molecule has 0 saturated heterocycles. The molecular weight excluding hydrogens is 158 g/mol. The van der Waals surface area contributed by atoms with E-state index in [0.717, 1.165) is 0 Å². The van der Waals surface area contributed by atoms with Crippen molar-refractivity contribution in [3.8, 4) is 11.8 Å². The molecule has 0 radical (unpaired) electrons. The van der Waals surface area contributed by atoms with Gasteiger partial charge in [-0.3, -0.25) is 0 Å². The largest absolute Gasteiger partial charge is 0.459 e. The summed E-state index contributed by atoms with van der Waals surface area (Å²) in [7, 11) is 2.97. The highest BCUT2D eigenvalue weighted by atomic mass is 16.5. The van der Waals surface area contributed by atoms with E-state index in [4.69, 9.17) is 0 Å². The summed E-state index contributed by atoms with van der Waals surface area (Å²) < 4.78 is 5.79. The van der Waals surface area contributed by atoms with Gasteiger partial charge in [0.2, 0.25) is 0 Å². The quantitative estimate of drug-likeness (QED) is 0.378. The maximum absolute atomic E-state index is 10.6. The highest BCUT2D eigenvalue weighted by Crippen LogP contribution is 1.88. The molecule has 1 aromatic rings. The third-order valence-electron chi connectivity index (χ3n) is 1.19. The predicted molar refractivity (Wildman–Crippen MR) is 39.9 cm³/mol. The Labute approximate surface area is 69.3 Å². The fourth-order valence-corrected chi connectivity index (χ4v) is 0.569. The number of carbonyl (C=O) groups is 1. The number of rotatable bonds is 0. The van der Waals surface area contributed by atoms with Crippen molar-refractivity contribution < 1.29 is 9.53 Å². The van der Waals surface area contributed by atoms with Crippen molar-refractivity contribution in [3.63, 3.8) is 0 Å². The number of methoxy groups -OCH3 is 1. The minimum absolute atomic E-state index is 0.570. The van der Waals surface area contributed by atoms with E-state index in [1.807, 2.05) is 0 Å². The van der Waals surface area contributed by atoms with E-state index < -0.39 is 5.97 Å². The monoisotopic (exact) mass is 165 g/mol. The lowest BCUT2D eigenvalue weighted by Gasteiger charge is -1.87. The average Bonchev–Trinajstić information content (AvgIpc) is 2.47. The summed E-state index contributed by atoms with van der Waals surface area (Å²) in [4.78, 5) is 10.6. The maximum atomic E-state index is 10.6. The molecular formula is C7H7N3O2. The van der Waals surface area contributed by atoms with E-state index in [0.29, 0.717) is 5.69 Å². The van der Waals surface area contributed by atoms with Gasteiger partial charge in [-0.25, -0.2) is 9.48 Å². The van der Waals surface area contributed by atoms with Gasteiger partial charge in [-0.2, -0.15) is 0 Å². The van der Waals surface area contributed by atoms with Crippen LogP contribution >= 0.6 is 0 Å². The van der Waals surface area contributed by atoms with E-state index in [1.165, 1.54) is 18.0 Å². The van der Waals surface area contributed by atoms with Crippen LogP contribution in [0.15, 0.2) is 6.20 Å². The Morgan fingerprint density at radius 1 is 1.75 bits per heavy atom. The minimum atomic E-state index is -0.573. The number of ether oxygens (including phenoxy) is 1. The van der Waals surface area contributed by atoms with E-state index in [9.17, 15) is 4.79 Å². The molecule has 0 atom stereocenters. The van der Waals surface area contributed by atoms with Gasteiger partial charge in [0.15, 0.2) is 0 Å². The molecule has 0 spiro atoms. The molecule has 12 heavy (non-hydrogen) atoms. The van der Waals surface area contributed by atoms with Crippen LogP contribution in [-0.2, 0) is 16.6 Å². The van der Waals surface area contributed by atoms with E-state index in [1.54, 1.807) is 7.05 Å². The molecule has 1 heterocycles. The van der Waals surface area contributed by atoms with Crippen molar-refractivity contribution in [1.82, 2.24) is 15.0 Å². The van der Waals surface area contributed by atoms with Crippen molar-refractivity contribution in [2.75, 3.05) is 7.11 Å². The van der Waals surface area contributed by atoms with Crippen LogP contribution < -0.4 is 0 Å². The zero-order valence-corrected chi connectivity index (χ0v) is 6.74. The second kappa shape index (κ2) is 3.53. The standard InChI is InChI=1S/C7H7N3O2/c1-10-6(5-8-9-10)3-4-7(11)12-2/h5H,1-2H3. The molecule has 62 valence electrons. The Hall–Kier alpha value is -1.83. The molecule has 0 fully saturated rings. The fourth-order valence-electron chi connectivity index (χ4n) is 0.569. The summed E-state index contributed by atoms with van der Waals surface area (Å²) in [5, 5.41) is 7.22. The molecule has 1 rings (SSSR count). The van der Waals surface area contributed by atoms with Gasteiger partial charge in [0.25, 0.3) is 0 Å². The third-order valence-corrected chi connectivity index (χ3v) is 1.19. The summed E-state index contributed by atoms with van der Waals surface area (Å²) in [5.41, 5.74) is 0.570. The summed E-state index contributed by atoms with van der Waals surface area (Å²) in [6, 6.07) is 0. The number of aryl methyl sites for hydroxylation is 1. The zero-order chi connectivity index (χ0) is 8.97. The fraction of sp³-hybridized carbons (Fsp3) is 0.286. The van der Waals surface area contributed by atoms with E-state index >= 15 is 0 Å². The Balaban J connectivity index is 2.79. The van der Waals surface area contributed by atoms with Crippen LogP contribution in [-0.4, -0.2) is 28.1 Å². The van der Waals surface area contributed by atoms with Crippen molar-refractivity contribution in [1.29, 1.82) is 0 Å². The number of aromatic nitrogens is 3. The molecule has 0 aromatic carbocycles. The van der Waals surface area contributed by atoms with Gasteiger partial charge in [0.1, 0.15) is 5.69 Å².